The Labute approximate surface area is 347 Å². The first kappa shape index (κ1) is 33.1. The van der Waals surface area contributed by atoms with Crippen LogP contribution >= 0.6 is 34.0 Å². The molecule has 6 heteroatoms. The zero-order valence-corrected chi connectivity index (χ0v) is 34.7. The average molecular weight is 795 g/mol. The maximum absolute atomic E-state index is 3.94. The summed E-state index contributed by atoms with van der Waals surface area (Å²) in [7, 11) is 0.863. The Morgan fingerprint density at radius 1 is 0.483 bits per heavy atom. The van der Waals surface area contributed by atoms with Gasteiger partial charge in [-0.1, -0.05) is 105 Å². The lowest BCUT2D eigenvalue weighted by Crippen LogP contribution is -2.37. The number of thiophene rings is 3. The third-order valence-corrected chi connectivity index (χ3v) is 16.0. The van der Waals surface area contributed by atoms with E-state index in [0.29, 0.717) is 0 Å². The number of rotatable bonds is 3. The predicted molar refractivity (Wildman–Crippen MR) is 260 cm³/mol. The fourth-order valence-corrected chi connectivity index (χ4v) is 13.1. The van der Waals surface area contributed by atoms with Gasteiger partial charge in [0.25, 0.3) is 0 Å². The first-order valence-corrected chi connectivity index (χ1v) is 22.5. The van der Waals surface area contributed by atoms with Crippen LogP contribution in [0.5, 0.6) is 0 Å². The van der Waals surface area contributed by atoms with Crippen LogP contribution in [0.3, 0.4) is 0 Å². The average Bonchev–Trinajstić information content (AvgIpc) is 3.98. The van der Waals surface area contributed by atoms with Crippen molar-refractivity contribution in [1.82, 2.24) is 4.57 Å². The van der Waals surface area contributed by atoms with Crippen molar-refractivity contribution in [2.45, 2.75) is 26.2 Å². The van der Waals surface area contributed by atoms with Crippen LogP contribution in [0.15, 0.2) is 146 Å². The highest BCUT2D eigenvalue weighted by Gasteiger charge is 2.28. The molecule has 2 nitrogen and oxygen atoms in total. The molecular weight excluding hydrogens is 760 g/mol. The number of anilines is 2. The van der Waals surface area contributed by atoms with Crippen LogP contribution in [0.1, 0.15) is 26.3 Å². The quantitative estimate of drug-likeness (QED) is 0.176. The molecule has 0 atom stereocenters. The van der Waals surface area contributed by atoms with Crippen LogP contribution in [0.4, 0.5) is 11.4 Å². The molecule has 0 bridgehead atoms. The van der Waals surface area contributed by atoms with E-state index in [4.69, 9.17) is 0 Å². The van der Waals surface area contributed by atoms with E-state index in [9.17, 15) is 0 Å². The molecule has 8 aromatic carbocycles. The van der Waals surface area contributed by atoms with Crippen molar-refractivity contribution in [1.29, 1.82) is 0 Å². The van der Waals surface area contributed by atoms with Gasteiger partial charge in [-0.2, -0.15) is 0 Å². The minimum atomic E-state index is 0.0934. The number of aromatic nitrogens is 1. The van der Waals surface area contributed by atoms with Crippen molar-refractivity contribution in [3.8, 4) is 16.8 Å². The number of fused-ring (bicyclic) bond motifs is 14. The second-order valence-corrected chi connectivity index (χ2v) is 20.2. The molecule has 274 valence electrons. The van der Waals surface area contributed by atoms with Crippen LogP contribution in [0.25, 0.3) is 99.1 Å². The van der Waals surface area contributed by atoms with Gasteiger partial charge in [-0.05, 0) is 88.7 Å². The Hall–Kier alpha value is -5.92. The molecule has 4 aromatic heterocycles. The summed E-state index contributed by atoms with van der Waals surface area (Å²) in [6.07, 6.45) is 0. The second kappa shape index (κ2) is 11.8. The van der Waals surface area contributed by atoms with Crippen LogP contribution in [0, 0.1) is 0 Å². The number of nitrogens with zero attached hydrogens (tertiary/aromatic N) is 1. The Balaban J connectivity index is 1.12. The Kier molecular flexibility index (Phi) is 6.75. The maximum atomic E-state index is 3.94. The molecule has 1 N–H and O–H groups in total. The van der Waals surface area contributed by atoms with Gasteiger partial charge in [0.1, 0.15) is 0 Å². The van der Waals surface area contributed by atoms with E-state index >= 15 is 0 Å². The summed E-state index contributed by atoms with van der Waals surface area (Å²) in [6, 6.07) is 55.3. The third kappa shape index (κ3) is 4.71. The van der Waals surface area contributed by atoms with Gasteiger partial charge in [0.05, 0.1) is 5.52 Å². The lowest BCUT2D eigenvalue weighted by atomic mass is 9.59. The molecule has 0 unspecified atom stereocenters. The normalized spacial score (nSPS) is 12.9. The predicted octanol–water partition coefficient (Wildman–Crippen LogP) is 14.3. The van der Waals surface area contributed by atoms with E-state index in [1.807, 2.05) is 34.0 Å². The summed E-state index contributed by atoms with van der Waals surface area (Å²) in [6.45, 7) is 6.83. The molecule has 0 spiro atoms. The fourth-order valence-electron chi connectivity index (χ4n) is 9.72. The molecule has 1 aliphatic rings. The van der Waals surface area contributed by atoms with Gasteiger partial charge < -0.3 is 9.88 Å². The van der Waals surface area contributed by atoms with E-state index in [1.165, 1.54) is 116 Å². The highest BCUT2D eigenvalue weighted by atomic mass is 32.1. The van der Waals surface area contributed by atoms with Gasteiger partial charge >= 0.3 is 0 Å². The monoisotopic (exact) mass is 794 g/mol. The minimum Gasteiger partial charge on any atom is -0.355 e. The van der Waals surface area contributed by atoms with Gasteiger partial charge in [-0.3, -0.25) is 0 Å². The lowest BCUT2D eigenvalue weighted by molar-refractivity contribution is 0.590. The number of benzene rings is 8. The molecule has 0 fully saturated rings. The van der Waals surface area contributed by atoms with Gasteiger partial charge in [0.15, 0.2) is 7.28 Å². The van der Waals surface area contributed by atoms with Crippen LogP contribution in [0.2, 0.25) is 0 Å². The van der Waals surface area contributed by atoms with E-state index in [-0.39, 0.29) is 5.41 Å². The Morgan fingerprint density at radius 3 is 1.72 bits per heavy atom. The first-order valence-electron chi connectivity index (χ1n) is 20.0. The zero-order valence-electron chi connectivity index (χ0n) is 32.2. The Morgan fingerprint density at radius 2 is 1.07 bits per heavy atom. The molecule has 0 amide bonds. The summed E-state index contributed by atoms with van der Waals surface area (Å²) in [5.74, 6) is 0. The summed E-state index contributed by atoms with van der Waals surface area (Å²) in [5.41, 5.74) is 12.9. The summed E-state index contributed by atoms with van der Waals surface area (Å²) in [5, 5.41) is 14.6. The minimum absolute atomic E-state index is 0.0934. The van der Waals surface area contributed by atoms with Crippen LogP contribution in [-0.2, 0) is 5.41 Å². The van der Waals surface area contributed by atoms with Crippen LogP contribution < -0.4 is 16.2 Å². The molecule has 0 saturated heterocycles. The fraction of sp³-hybridized carbons (Fsp3) is 0.0769. The molecule has 0 saturated carbocycles. The van der Waals surface area contributed by atoms with E-state index < -0.39 is 0 Å². The topological polar surface area (TPSA) is 17.0 Å². The molecule has 0 radical (unpaired) electrons. The van der Waals surface area contributed by atoms with Crippen molar-refractivity contribution in [2.75, 3.05) is 5.32 Å². The van der Waals surface area contributed by atoms with Crippen molar-refractivity contribution in [3.63, 3.8) is 0 Å². The molecular formula is C52H35BN2S3. The van der Waals surface area contributed by atoms with Crippen molar-refractivity contribution in [2.24, 2.45) is 0 Å². The molecule has 0 aliphatic carbocycles. The molecule has 12 aromatic rings. The molecule has 58 heavy (non-hydrogen) atoms. The van der Waals surface area contributed by atoms with Gasteiger partial charge in [0, 0.05) is 99.4 Å². The number of hydrogen-bond donors (Lipinski definition) is 1. The van der Waals surface area contributed by atoms with Gasteiger partial charge in [-0.15, -0.1) is 34.0 Å². The first-order chi connectivity index (χ1) is 28.3. The number of hydrogen-bond acceptors (Lipinski definition) is 4. The van der Waals surface area contributed by atoms with E-state index in [0.717, 1.165) is 18.7 Å². The van der Waals surface area contributed by atoms with Crippen molar-refractivity contribution >= 4 is 146 Å². The maximum Gasteiger partial charge on any atom is 0.198 e. The standard InChI is InChI=1S/C52H35BN2S3/c1-52(2,3)28-16-18-29(19-17-28)54-41-26-48-37(30-10-4-7-13-44(30)57-48)22-35(41)33-20-21-34-36-23-38-31-11-5-8-14-45(31)58-49(38)27-42(36)55-43-24-39-32-12-6-9-15-46(32)56-47(39)25-40(43)53-50(33)51(34)55/h4-27,53-54H,1-3H3. The largest absolute Gasteiger partial charge is 0.355 e. The lowest BCUT2D eigenvalue weighted by Gasteiger charge is -2.24. The third-order valence-electron chi connectivity index (χ3n) is 12.6. The Bertz CT molecular complexity index is 3720. The zero-order chi connectivity index (χ0) is 38.4. The van der Waals surface area contributed by atoms with E-state index in [1.54, 1.807) is 0 Å². The molecule has 13 rings (SSSR count). The number of nitrogens with one attached hydrogen (secondary N) is 1. The smallest absolute Gasteiger partial charge is 0.198 e. The van der Waals surface area contributed by atoms with Gasteiger partial charge in [0.2, 0.25) is 0 Å². The van der Waals surface area contributed by atoms with Crippen molar-refractivity contribution < 1.29 is 0 Å². The second-order valence-electron chi connectivity index (χ2n) is 17.0. The molecule has 5 heterocycles. The summed E-state index contributed by atoms with van der Waals surface area (Å²) >= 11 is 5.69. The SMILES string of the molecule is CC(C)(C)c1ccc(Nc2cc3sc4ccccc4c3cc2-c2ccc3c4cc5c(cc4n4c3c2Bc2cc3sc6ccccc6c3cc2-4)sc2ccccc25)cc1. The highest BCUT2D eigenvalue weighted by Crippen LogP contribution is 2.45. The van der Waals surface area contributed by atoms with Crippen molar-refractivity contribution in [3.05, 3.63) is 151 Å². The highest BCUT2D eigenvalue weighted by molar-refractivity contribution is 7.26. The summed E-state index contributed by atoms with van der Waals surface area (Å²) in [4.78, 5) is 0. The summed E-state index contributed by atoms with van der Waals surface area (Å²) < 4.78 is 10.6. The molecule has 1 aliphatic heterocycles. The van der Waals surface area contributed by atoms with Crippen LogP contribution in [-0.4, -0.2) is 11.8 Å². The van der Waals surface area contributed by atoms with E-state index in [2.05, 4.69) is 176 Å². The van der Waals surface area contributed by atoms with Gasteiger partial charge in [-0.25, -0.2) is 0 Å².